The summed E-state index contributed by atoms with van der Waals surface area (Å²) >= 11 is 0. The molecule has 0 radical (unpaired) electrons. The first-order valence-corrected chi connectivity index (χ1v) is 4.68. The molecule has 0 aliphatic carbocycles. The maximum atomic E-state index is 5.62. The van der Waals surface area contributed by atoms with Gasteiger partial charge in [0.2, 0.25) is 0 Å². The second-order valence-electron chi connectivity index (χ2n) is 3.21. The normalized spacial score (nSPS) is 11.1. The molecule has 0 aromatic carbocycles. The lowest BCUT2D eigenvalue weighted by molar-refractivity contribution is 0.332. The van der Waals surface area contributed by atoms with E-state index in [1.54, 1.807) is 0 Å². The number of anilines is 1. The van der Waals surface area contributed by atoms with Gasteiger partial charge in [-0.2, -0.15) is 5.10 Å². The van der Waals surface area contributed by atoms with E-state index in [1.165, 1.54) is 5.69 Å². The average Bonchev–Trinajstić information content (AvgIpc) is 2.46. The first-order valence-electron chi connectivity index (χ1n) is 4.68. The Bertz CT molecular complexity index is 267. The topological polar surface area (TPSA) is 47.1 Å². The molecule has 0 saturated carbocycles. The van der Waals surface area contributed by atoms with Gasteiger partial charge in [-0.25, -0.2) is 0 Å². The molecule has 4 heteroatoms. The molecular weight excluding hydrogens is 164 g/mol. The summed E-state index contributed by atoms with van der Waals surface area (Å²) < 4.78 is 1.95. The lowest BCUT2D eigenvalue weighted by Crippen LogP contribution is -2.19. The van der Waals surface area contributed by atoms with Crippen LogP contribution in [0.4, 0.5) is 5.82 Å². The Hall–Kier alpha value is -1.03. The van der Waals surface area contributed by atoms with Gasteiger partial charge >= 0.3 is 0 Å². The quantitative estimate of drug-likeness (QED) is 0.753. The van der Waals surface area contributed by atoms with Gasteiger partial charge in [0.25, 0.3) is 0 Å². The molecule has 0 unspecified atom stereocenters. The summed E-state index contributed by atoms with van der Waals surface area (Å²) in [5.41, 5.74) is 6.81. The van der Waals surface area contributed by atoms with Gasteiger partial charge in [0.1, 0.15) is 5.82 Å². The van der Waals surface area contributed by atoms with Crippen LogP contribution in [0, 0.1) is 0 Å². The van der Waals surface area contributed by atoms with Gasteiger partial charge in [-0.1, -0.05) is 6.92 Å². The molecule has 0 aliphatic heterocycles. The maximum Gasteiger partial charge on any atom is 0.145 e. The van der Waals surface area contributed by atoms with Crippen LogP contribution in [0.3, 0.4) is 0 Å². The van der Waals surface area contributed by atoms with E-state index in [-0.39, 0.29) is 0 Å². The van der Waals surface area contributed by atoms with E-state index in [9.17, 15) is 0 Å². The number of hydrogen-bond acceptors (Lipinski definition) is 3. The Labute approximate surface area is 79.3 Å². The highest BCUT2D eigenvalue weighted by Crippen LogP contribution is 2.08. The predicted molar refractivity (Wildman–Crippen MR) is 54.3 cm³/mol. The maximum absolute atomic E-state index is 5.62. The summed E-state index contributed by atoms with van der Waals surface area (Å²) in [6, 6.07) is 1.94. The summed E-state index contributed by atoms with van der Waals surface area (Å²) in [4.78, 5) is 2.22. The lowest BCUT2D eigenvalue weighted by Gasteiger charge is -2.13. The Kier molecular flexibility index (Phi) is 3.31. The second kappa shape index (κ2) is 4.28. The Balaban J connectivity index is 2.74. The van der Waals surface area contributed by atoms with E-state index >= 15 is 0 Å². The molecule has 1 heterocycles. The molecular formula is C9H18N4. The zero-order chi connectivity index (χ0) is 9.84. The molecule has 1 aromatic rings. The van der Waals surface area contributed by atoms with Crippen LogP contribution in [-0.4, -0.2) is 28.3 Å². The summed E-state index contributed by atoms with van der Waals surface area (Å²) in [6.07, 6.45) is 0. The number of aryl methyl sites for hydroxylation is 1. The third-order valence-corrected chi connectivity index (χ3v) is 2.15. The zero-order valence-corrected chi connectivity index (χ0v) is 8.62. The van der Waals surface area contributed by atoms with Crippen molar-refractivity contribution >= 4 is 5.82 Å². The summed E-state index contributed by atoms with van der Waals surface area (Å²) in [6.45, 7) is 7.03. The number of nitrogen functional groups attached to an aromatic ring is 1. The smallest absolute Gasteiger partial charge is 0.145 e. The SMILES string of the molecule is CCN(C)Cc1cc(N)nn1CC. The van der Waals surface area contributed by atoms with Gasteiger partial charge in [0.15, 0.2) is 0 Å². The Morgan fingerprint density at radius 3 is 2.77 bits per heavy atom. The molecule has 0 aliphatic rings. The molecule has 0 saturated heterocycles. The van der Waals surface area contributed by atoms with Gasteiger partial charge in [-0.3, -0.25) is 4.68 Å². The van der Waals surface area contributed by atoms with Gasteiger partial charge < -0.3 is 10.6 Å². The summed E-state index contributed by atoms with van der Waals surface area (Å²) in [5.74, 6) is 0.612. The fourth-order valence-electron chi connectivity index (χ4n) is 1.27. The highest BCUT2D eigenvalue weighted by molar-refractivity contribution is 5.29. The lowest BCUT2D eigenvalue weighted by atomic mass is 10.4. The number of hydrogen-bond donors (Lipinski definition) is 1. The molecule has 0 spiro atoms. The van der Waals surface area contributed by atoms with Crippen molar-refractivity contribution < 1.29 is 0 Å². The first-order chi connectivity index (χ1) is 6.17. The third kappa shape index (κ3) is 2.45. The molecule has 1 rings (SSSR count). The van der Waals surface area contributed by atoms with Crippen LogP contribution < -0.4 is 5.73 Å². The minimum Gasteiger partial charge on any atom is -0.382 e. The van der Waals surface area contributed by atoms with Gasteiger partial charge in [-0.05, 0) is 20.5 Å². The van der Waals surface area contributed by atoms with Gasteiger partial charge in [-0.15, -0.1) is 0 Å². The van der Waals surface area contributed by atoms with Crippen LogP contribution in [0.2, 0.25) is 0 Å². The standard InChI is InChI=1S/C9H18N4/c1-4-12(3)7-8-6-9(10)11-13(8)5-2/h6H,4-5,7H2,1-3H3,(H2,10,11). The van der Waals surface area contributed by atoms with Crippen molar-refractivity contribution in [1.82, 2.24) is 14.7 Å². The van der Waals surface area contributed by atoms with Crippen LogP contribution in [0.1, 0.15) is 19.5 Å². The minimum absolute atomic E-state index is 0.612. The molecule has 4 nitrogen and oxygen atoms in total. The van der Waals surface area contributed by atoms with E-state index in [2.05, 4.69) is 30.9 Å². The van der Waals surface area contributed by atoms with E-state index in [0.29, 0.717) is 5.82 Å². The van der Waals surface area contributed by atoms with E-state index in [4.69, 9.17) is 5.73 Å². The molecule has 2 N–H and O–H groups in total. The third-order valence-electron chi connectivity index (χ3n) is 2.15. The highest BCUT2D eigenvalue weighted by Gasteiger charge is 2.05. The fourth-order valence-corrected chi connectivity index (χ4v) is 1.27. The van der Waals surface area contributed by atoms with E-state index in [0.717, 1.165) is 19.6 Å². The number of nitrogens with two attached hydrogens (primary N) is 1. The summed E-state index contributed by atoms with van der Waals surface area (Å²) in [5, 5.41) is 4.18. The molecule has 1 aromatic heterocycles. The number of nitrogens with zero attached hydrogens (tertiary/aromatic N) is 3. The molecule has 0 atom stereocenters. The van der Waals surface area contributed by atoms with Crippen molar-refractivity contribution in [3.05, 3.63) is 11.8 Å². The minimum atomic E-state index is 0.612. The van der Waals surface area contributed by atoms with Crippen LogP contribution in [0.25, 0.3) is 0 Å². The fraction of sp³-hybridized carbons (Fsp3) is 0.667. The molecule has 0 fully saturated rings. The zero-order valence-electron chi connectivity index (χ0n) is 8.62. The number of rotatable bonds is 4. The van der Waals surface area contributed by atoms with Crippen LogP contribution >= 0.6 is 0 Å². The van der Waals surface area contributed by atoms with Gasteiger partial charge in [0.05, 0.1) is 5.69 Å². The van der Waals surface area contributed by atoms with Crippen molar-refractivity contribution in [1.29, 1.82) is 0 Å². The molecule has 13 heavy (non-hydrogen) atoms. The Morgan fingerprint density at radius 1 is 1.54 bits per heavy atom. The van der Waals surface area contributed by atoms with Crippen molar-refractivity contribution in [2.75, 3.05) is 19.3 Å². The van der Waals surface area contributed by atoms with Crippen LogP contribution in [0.15, 0.2) is 6.07 Å². The largest absolute Gasteiger partial charge is 0.382 e. The molecule has 74 valence electrons. The monoisotopic (exact) mass is 182 g/mol. The van der Waals surface area contributed by atoms with Crippen LogP contribution in [-0.2, 0) is 13.1 Å². The van der Waals surface area contributed by atoms with Crippen molar-refractivity contribution in [3.8, 4) is 0 Å². The van der Waals surface area contributed by atoms with Crippen molar-refractivity contribution in [2.45, 2.75) is 26.9 Å². The number of aromatic nitrogens is 2. The summed E-state index contributed by atoms with van der Waals surface area (Å²) in [7, 11) is 2.09. The van der Waals surface area contributed by atoms with E-state index < -0.39 is 0 Å². The Morgan fingerprint density at radius 2 is 2.23 bits per heavy atom. The highest BCUT2D eigenvalue weighted by atomic mass is 15.3. The van der Waals surface area contributed by atoms with Crippen molar-refractivity contribution in [3.63, 3.8) is 0 Å². The van der Waals surface area contributed by atoms with Crippen molar-refractivity contribution in [2.24, 2.45) is 0 Å². The van der Waals surface area contributed by atoms with Crippen LogP contribution in [0.5, 0.6) is 0 Å². The second-order valence-corrected chi connectivity index (χ2v) is 3.21. The van der Waals surface area contributed by atoms with E-state index in [1.807, 2.05) is 10.7 Å². The predicted octanol–water partition coefficient (Wildman–Crippen LogP) is 0.937. The first kappa shape index (κ1) is 10.1. The van der Waals surface area contributed by atoms with Gasteiger partial charge in [0, 0.05) is 19.2 Å². The average molecular weight is 182 g/mol. The molecule has 0 amide bonds. The molecule has 0 bridgehead atoms.